The first-order chi connectivity index (χ1) is 9.34. The van der Waals surface area contributed by atoms with Gasteiger partial charge in [-0.05, 0) is 18.2 Å². The lowest BCUT2D eigenvalue weighted by molar-refractivity contribution is -0.128. The SMILES string of the molecule is O=C1CSC(c2ccoc2)N1CCc1ccccn1. The predicted molar refractivity (Wildman–Crippen MR) is 73.6 cm³/mol. The molecule has 0 N–H and O–H groups in total. The minimum absolute atomic E-state index is 0.0787. The molecule has 4 nitrogen and oxygen atoms in total. The lowest BCUT2D eigenvalue weighted by atomic mass is 10.2. The van der Waals surface area contributed by atoms with Gasteiger partial charge in [-0.1, -0.05) is 6.07 Å². The van der Waals surface area contributed by atoms with Crippen LogP contribution in [0.4, 0.5) is 0 Å². The molecule has 2 aromatic heterocycles. The average molecular weight is 274 g/mol. The molecule has 1 aliphatic heterocycles. The highest BCUT2D eigenvalue weighted by atomic mass is 32.2. The van der Waals surface area contributed by atoms with Gasteiger partial charge in [-0.25, -0.2) is 0 Å². The molecule has 0 bridgehead atoms. The van der Waals surface area contributed by atoms with Crippen molar-refractivity contribution in [1.29, 1.82) is 0 Å². The van der Waals surface area contributed by atoms with E-state index in [0.29, 0.717) is 12.3 Å². The van der Waals surface area contributed by atoms with E-state index < -0.39 is 0 Å². The fourth-order valence-corrected chi connectivity index (χ4v) is 3.36. The second-order valence-electron chi connectivity index (χ2n) is 4.38. The molecule has 2 aromatic rings. The number of amides is 1. The molecule has 98 valence electrons. The minimum Gasteiger partial charge on any atom is -0.472 e. The molecule has 0 aliphatic carbocycles. The Morgan fingerprint density at radius 3 is 3.11 bits per heavy atom. The van der Waals surface area contributed by atoms with Gasteiger partial charge in [0.05, 0.1) is 18.3 Å². The Morgan fingerprint density at radius 1 is 1.42 bits per heavy atom. The van der Waals surface area contributed by atoms with E-state index in [1.54, 1.807) is 30.5 Å². The molecule has 0 radical (unpaired) electrons. The minimum atomic E-state index is 0.0787. The summed E-state index contributed by atoms with van der Waals surface area (Å²) in [5.74, 6) is 0.727. The van der Waals surface area contributed by atoms with Crippen molar-refractivity contribution in [3.05, 3.63) is 54.2 Å². The van der Waals surface area contributed by atoms with Crippen molar-refractivity contribution in [1.82, 2.24) is 9.88 Å². The highest BCUT2D eigenvalue weighted by Crippen LogP contribution is 2.38. The van der Waals surface area contributed by atoms with Crippen LogP contribution in [0.3, 0.4) is 0 Å². The summed E-state index contributed by atoms with van der Waals surface area (Å²) in [7, 11) is 0. The van der Waals surface area contributed by atoms with Gasteiger partial charge in [-0.15, -0.1) is 11.8 Å². The number of aromatic nitrogens is 1. The predicted octanol–water partition coefficient (Wildman–Crippen LogP) is 2.49. The number of carbonyl (C=O) groups is 1. The van der Waals surface area contributed by atoms with Crippen LogP contribution in [0.1, 0.15) is 16.6 Å². The van der Waals surface area contributed by atoms with Gasteiger partial charge in [-0.3, -0.25) is 9.78 Å². The largest absolute Gasteiger partial charge is 0.472 e. The second-order valence-corrected chi connectivity index (χ2v) is 5.45. The van der Waals surface area contributed by atoms with E-state index in [9.17, 15) is 4.79 Å². The molecule has 0 aromatic carbocycles. The van der Waals surface area contributed by atoms with Crippen LogP contribution in [-0.2, 0) is 11.2 Å². The van der Waals surface area contributed by atoms with E-state index in [1.165, 1.54) is 0 Å². The van der Waals surface area contributed by atoms with Crippen LogP contribution in [-0.4, -0.2) is 28.1 Å². The van der Waals surface area contributed by atoms with E-state index in [-0.39, 0.29) is 11.3 Å². The first kappa shape index (κ1) is 12.3. The quantitative estimate of drug-likeness (QED) is 0.859. The van der Waals surface area contributed by atoms with Gasteiger partial charge in [-0.2, -0.15) is 0 Å². The van der Waals surface area contributed by atoms with Gasteiger partial charge >= 0.3 is 0 Å². The zero-order valence-corrected chi connectivity index (χ0v) is 11.2. The van der Waals surface area contributed by atoms with Crippen LogP contribution >= 0.6 is 11.8 Å². The fourth-order valence-electron chi connectivity index (χ4n) is 2.17. The van der Waals surface area contributed by atoms with Gasteiger partial charge in [0, 0.05) is 30.4 Å². The zero-order valence-electron chi connectivity index (χ0n) is 10.4. The van der Waals surface area contributed by atoms with Crippen LogP contribution < -0.4 is 0 Å². The monoisotopic (exact) mass is 274 g/mol. The number of nitrogens with zero attached hydrogens (tertiary/aromatic N) is 2. The maximum Gasteiger partial charge on any atom is 0.233 e. The van der Waals surface area contributed by atoms with Crippen molar-refractivity contribution < 1.29 is 9.21 Å². The smallest absolute Gasteiger partial charge is 0.233 e. The van der Waals surface area contributed by atoms with E-state index in [2.05, 4.69) is 4.98 Å². The lowest BCUT2D eigenvalue weighted by Gasteiger charge is -2.22. The molecule has 1 amide bonds. The van der Waals surface area contributed by atoms with Crippen LogP contribution in [0.5, 0.6) is 0 Å². The van der Waals surface area contributed by atoms with Gasteiger partial charge in [0.25, 0.3) is 0 Å². The number of thioether (sulfide) groups is 1. The average Bonchev–Trinajstić information content (AvgIpc) is 3.07. The van der Waals surface area contributed by atoms with E-state index >= 15 is 0 Å². The third-order valence-electron chi connectivity index (χ3n) is 3.13. The Balaban J connectivity index is 1.69. The van der Waals surface area contributed by atoms with Crippen LogP contribution in [0, 0.1) is 0 Å². The molecule has 1 aliphatic rings. The topological polar surface area (TPSA) is 46.3 Å². The van der Waals surface area contributed by atoms with E-state index in [0.717, 1.165) is 17.7 Å². The number of hydrogen-bond donors (Lipinski definition) is 0. The molecule has 0 spiro atoms. The van der Waals surface area contributed by atoms with Gasteiger partial charge < -0.3 is 9.32 Å². The Kier molecular flexibility index (Phi) is 3.55. The molecule has 19 heavy (non-hydrogen) atoms. The number of carbonyl (C=O) groups excluding carboxylic acids is 1. The normalized spacial score (nSPS) is 19.1. The first-order valence-electron chi connectivity index (χ1n) is 6.17. The standard InChI is InChI=1S/C14H14N2O2S/c17-13-10-19-14(11-5-8-18-9-11)16(13)7-4-12-3-1-2-6-15-12/h1-3,5-6,8-9,14H,4,7,10H2. The van der Waals surface area contributed by atoms with Crippen molar-refractivity contribution >= 4 is 17.7 Å². The molecule has 5 heteroatoms. The summed E-state index contributed by atoms with van der Waals surface area (Å²) in [6, 6.07) is 7.77. The summed E-state index contributed by atoms with van der Waals surface area (Å²) in [5, 5.41) is 0.0787. The first-order valence-corrected chi connectivity index (χ1v) is 7.22. The van der Waals surface area contributed by atoms with Gasteiger partial charge in [0.2, 0.25) is 5.91 Å². The Labute approximate surface area is 115 Å². The number of rotatable bonds is 4. The molecular formula is C14H14N2O2S. The van der Waals surface area contributed by atoms with E-state index in [1.807, 2.05) is 29.2 Å². The van der Waals surface area contributed by atoms with Crippen LogP contribution in [0.25, 0.3) is 0 Å². The van der Waals surface area contributed by atoms with Crippen molar-refractivity contribution in [2.45, 2.75) is 11.8 Å². The third kappa shape index (κ3) is 2.66. The molecule has 1 unspecified atom stereocenters. The Morgan fingerprint density at radius 2 is 2.37 bits per heavy atom. The maximum absolute atomic E-state index is 12.0. The highest BCUT2D eigenvalue weighted by Gasteiger charge is 2.32. The third-order valence-corrected chi connectivity index (χ3v) is 4.39. The van der Waals surface area contributed by atoms with Crippen LogP contribution in [0.15, 0.2) is 47.4 Å². The second kappa shape index (κ2) is 5.48. The van der Waals surface area contributed by atoms with Crippen molar-refractivity contribution in [3.63, 3.8) is 0 Å². The molecule has 3 heterocycles. The fraction of sp³-hybridized carbons (Fsp3) is 0.286. The number of pyridine rings is 1. The van der Waals surface area contributed by atoms with Crippen molar-refractivity contribution in [2.75, 3.05) is 12.3 Å². The van der Waals surface area contributed by atoms with Crippen LogP contribution in [0.2, 0.25) is 0 Å². The van der Waals surface area contributed by atoms with Gasteiger partial charge in [0.1, 0.15) is 5.37 Å². The number of hydrogen-bond acceptors (Lipinski definition) is 4. The molecular weight excluding hydrogens is 260 g/mol. The summed E-state index contributed by atoms with van der Waals surface area (Å²) >= 11 is 1.65. The summed E-state index contributed by atoms with van der Waals surface area (Å²) < 4.78 is 5.11. The molecule has 1 atom stereocenters. The van der Waals surface area contributed by atoms with E-state index in [4.69, 9.17) is 4.42 Å². The van der Waals surface area contributed by atoms with Gasteiger partial charge in [0.15, 0.2) is 0 Å². The lowest BCUT2D eigenvalue weighted by Crippen LogP contribution is -2.30. The Bertz CT molecular complexity index is 542. The van der Waals surface area contributed by atoms with Crippen molar-refractivity contribution in [3.8, 4) is 0 Å². The maximum atomic E-state index is 12.0. The van der Waals surface area contributed by atoms with Crippen molar-refractivity contribution in [2.24, 2.45) is 0 Å². The highest BCUT2D eigenvalue weighted by molar-refractivity contribution is 8.00. The summed E-state index contributed by atoms with van der Waals surface area (Å²) in [5.41, 5.74) is 2.06. The molecule has 0 saturated carbocycles. The Hall–Kier alpha value is -1.75. The summed E-state index contributed by atoms with van der Waals surface area (Å²) in [4.78, 5) is 18.2. The molecule has 1 saturated heterocycles. The zero-order chi connectivity index (χ0) is 13.1. The molecule has 3 rings (SSSR count). The summed E-state index contributed by atoms with van der Waals surface area (Å²) in [6.45, 7) is 0.693. The summed E-state index contributed by atoms with van der Waals surface area (Å²) in [6.07, 6.45) is 5.92. The number of furan rings is 1. The molecule has 1 fully saturated rings.